The molecule has 7 rings (SSSR count). The van der Waals surface area contributed by atoms with Crippen molar-refractivity contribution in [3.05, 3.63) is 0 Å². The van der Waals surface area contributed by atoms with Gasteiger partial charge >= 0.3 is 0 Å². The molecular weight excluding hydrogens is 1080 g/mol. The smallest absolute Gasteiger partial charge is 0.187 e. The lowest BCUT2D eigenvalue weighted by Crippen LogP contribution is -2.68. The van der Waals surface area contributed by atoms with Crippen LogP contribution in [0.3, 0.4) is 0 Å². The van der Waals surface area contributed by atoms with Crippen molar-refractivity contribution < 1.29 is 179 Å². The van der Waals surface area contributed by atoms with Crippen molar-refractivity contribution in [2.24, 2.45) is 0 Å². The van der Waals surface area contributed by atoms with Gasteiger partial charge in [-0.1, -0.05) is 0 Å². The minimum atomic E-state index is -2.23. The van der Waals surface area contributed by atoms with E-state index >= 15 is 0 Å². The monoisotopic (exact) mass is 1150 g/mol. The van der Waals surface area contributed by atoms with Crippen LogP contribution in [-0.2, 0) is 61.6 Å². The third-order valence-electron chi connectivity index (χ3n) is 14.5. The summed E-state index contributed by atoms with van der Waals surface area (Å²) in [6, 6.07) is 0. The zero-order valence-corrected chi connectivity index (χ0v) is 40.8. The summed E-state index contributed by atoms with van der Waals surface area (Å²) >= 11 is 0. The molecule has 7 saturated heterocycles. The average molecular weight is 1150 g/mol. The molecule has 0 saturated carbocycles. The summed E-state index contributed by atoms with van der Waals surface area (Å²) in [7, 11) is 0. The molecule has 0 unspecified atom stereocenters. The van der Waals surface area contributed by atoms with Gasteiger partial charge in [0.15, 0.2) is 44.0 Å². The molecule has 78 heavy (non-hydrogen) atoms. The highest BCUT2D eigenvalue weighted by Crippen LogP contribution is 2.37. The third kappa shape index (κ3) is 12.9. The molecule has 0 spiro atoms. The van der Waals surface area contributed by atoms with Crippen LogP contribution in [0.5, 0.6) is 0 Å². The van der Waals surface area contributed by atoms with E-state index in [4.69, 9.17) is 61.6 Å². The van der Waals surface area contributed by atoms with Crippen LogP contribution in [-0.4, -0.2) is 379 Å². The Morgan fingerprint density at radius 3 is 0.590 bits per heavy atom. The molecule has 7 heterocycles. The van der Waals surface area contributed by atoms with Gasteiger partial charge in [0.25, 0.3) is 0 Å². The minimum absolute atomic E-state index is 0.843. The van der Waals surface area contributed by atoms with Gasteiger partial charge in [0.1, 0.15) is 171 Å². The van der Waals surface area contributed by atoms with Crippen LogP contribution < -0.4 is 0 Å². The summed E-state index contributed by atoms with van der Waals surface area (Å²) in [6.07, 6.45) is -67.4. The lowest BCUT2D eigenvalue weighted by atomic mass is 9.95. The number of aliphatic hydroxyl groups excluding tert-OH is 23. The number of rotatable bonds is 19. The predicted octanol–water partition coefficient (Wildman–Crippen LogP) is -16.3. The Labute approximate surface area is 439 Å². The molecule has 7 fully saturated rings. The van der Waals surface area contributed by atoms with Crippen LogP contribution in [0.4, 0.5) is 0 Å². The van der Waals surface area contributed by atoms with Crippen LogP contribution in [0.2, 0.25) is 0 Å². The summed E-state index contributed by atoms with van der Waals surface area (Å²) in [5.74, 6) is 0. The first-order valence-corrected chi connectivity index (χ1v) is 24.7. The Kier molecular flexibility index (Phi) is 22.6. The molecule has 0 amide bonds. The van der Waals surface area contributed by atoms with Crippen molar-refractivity contribution in [3.63, 3.8) is 0 Å². The quantitative estimate of drug-likeness (QED) is 0.0571. The van der Waals surface area contributed by atoms with Gasteiger partial charge in [-0.05, 0) is 0 Å². The van der Waals surface area contributed by atoms with Crippen molar-refractivity contribution in [2.45, 2.75) is 215 Å². The van der Waals surface area contributed by atoms with Gasteiger partial charge < -0.3 is 179 Å². The molecule has 0 aromatic rings. The lowest BCUT2D eigenvalue weighted by molar-refractivity contribution is -0.398. The van der Waals surface area contributed by atoms with Gasteiger partial charge in [-0.2, -0.15) is 0 Å². The molecule has 0 aliphatic carbocycles. The third-order valence-corrected chi connectivity index (χ3v) is 14.5. The molecule has 7 aliphatic rings. The molecule has 456 valence electrons. The maximum Gasteiger partial charge on any atom is 0.187 e. The van der Waals surface area contributed by atoms with E-state index in [1.807, 2.05) is 0 Å². The van der Waals surface area contributed by atoms with Gasteiger partial charge in [-0.25, -0.2) is 0 Å². The number of aliphatic hydroxyl groups is 23. The molecule has 23 N–H and O–H groups in total. The Morgan fingerprint density at radius 2 is 0.372 bits per heavy atom. The SMILES string of the molecule is OC[C@H]1O[C@H](O[C@H]2[C@H](O)[C@@H](O)[C@@H](O[C@H]3[C@H](O)[C@@H](O)[C@@H](O[C@H]4[C@H](O)[C@@H](O)[C@@H](O[C@H]5[C@H](O)[C@@H](O)[C@@H](O[C@H]6[C@H](O)[C@@H](O)[C@@H](O[C@H]7[C@H](O)[C@@H](O)[C@@H](O)O[C@@H]7CO)O[C@@H]6CO)O[C@@H]5CO)O[C@@H]4CO)O[C@@H]3CO)O[C@@H]2CO)[C@H](O)[C@@H](O)[C@@H]1O. The van der Waals surface area contributed by atoms with Crippen LogP contribution in [0, 0.1) is 0 Å². The molecule has 0 aromatic carbocycles. The molecule has 35 atom stereocenters. The largest absolute Gasteiger partial charge is 0.394 e. The lowest BCUT2D eigenvalue weighted by Gasteiger charge is -2.50. The fourth-order valence-corrected chi connectivity index (χ4v) is 10.0. The van der Waals surface area contributed by atoms with E-state index in [1.165, 1.54) is 0 Å². The molecule has 36 heteroatoms. The maximum absolute atomic E-state index is 11.3. The predicted molar refractivity (Wildman–Crippen MR) is 232 cm³/mol. The second-order valence-electron chi connectivity index (χ2n) is 19.6. The normalized spacial score (nSPS) is 53.5. The van der Waals surface area contributed by atoms with Crippen LogP contribution >= 0.6 is 0 Å². The van der Waals surface area contributed by atoms with E-state index in [0.717, 1.165) is 0 Å². The van der Waals surface area contributed by atoms with Gasteiger partial charge in [0, 0.05) is 0 Å². The van der Waals surface area contributed by atoms with Crippen molar-refractivity contribution in [3.8, 4) is 0 Å². The zero-order chi connectivity index (χ0) is 57.3. The van der Waals surface area contributed by atoms with E-state index in [2.05, 4.69) is 0 Å². The van der Waals surface area contributed by atoms with Gasteiger partial charge in [0.2, 0.25) is 0 Å². The Bertz CT molecular complexity index is 1810. The zero-order valence-electron chi connectivity index (χ0n) is 40.8. The van der Waals surface area contributed by atoms with E-state index < -0.39 is 261 Å². The van der Waals surface area contributed by atoms with Crippen LogP contribution in [0.1, 0.15) is 0 Å². The molecule has 0 aromatic heterocycles. The Morgan fingerprint density at radius 1 is 0.192 bits per heavy atom. The Hall–Kier alpha value is -1.44. The Balaban J connectivity index is 0.947. The summed E-state index contributed by atoms with van der Waals surface area (Å²) in [5.41, 5.74) is 0. The number of ether oxygens (including phenoxy) is 13. The average Bonchev–Trinajstić information content (AvgIpc) is 3.44. The minimum Gasteiger partial charge on any atom is -0.394 e. The highest BCUT2D eigenvalue weighted by molar-refractivity contribution is 5.01. The molecule has 0 bridgehead atoms. The standard InChI is InChI=1S/C42H72O36/c43-1-8-15(50)16(51)24(59)37(67-8)74-31-10(3-45)69-39(26(61)18(31)53)76-33-12(5-47)71-41(28(63)20(33)55)78-35-14(7-49)72-42(29(64)22(35)57)77-34-13(6-48)70-40(27(62)21(34)56)75-32-11(4-46)68-38(25(60)19(32)54)73-30-9(2-44)66-36(65)23(58)17(30)52/h8-65H,1-7H2/t8-,9-,10-,11-,12-,13-,14-,15-,16+,17-,18-,19-,20-,21-,22-,23-,24-,25-,26-,27-,28-,29-,30-,31-,32-,33-,34-,35-,36+,37-,38-,39-,40-,41-,42-/m1/s1. The number of hydrogen-bond acceptors (Lipinski definition) is 36. The second-order valence-corrected chi connectivity index (χ2v) is 19.6. The van der Waals surface area contributed by atoms with Crippen LogP contribution in [0.25, 0.3) is 0 Å². The van der Waals surface area contributed by atoms with E-state index in [0.29, 0.717) is 0 Å². The number of hydrogen-bond donors (Lipinski definition) is 23. The van der Waals surface area contributed by atoms with Crippen molar-refractivity contribution in [1.82, 2.24) is 0 Å². The van der Waals surface area contributed by atoms with E-state index in [1.54, 1.807) is 0 Å². The van der Waals surface area contributed by atoms with Crippen LogP contribution in [0.15, 0.2) is 0 Å². The van der Waals surface area contributed by atoms with Crippen molar-refractivity contribution >= 4 is 0 Å². The van der Waals surface area contributed by atoms with Gasteiger partial charge in [-0.15, -0.1) is 0 Å². The van der Waals surface area contributed by atoms with E-state index in [-0.39, 0.29) is 0 Å². The first kappa shape index (κ1) is 64.1. The highest BCUT2D eigenvalue weighted by Gasteiger charge is 2.58. The topological polar surface area (TPSA) is 585 Å². The second kappa shape index (κ2) is 27.5. The summed E-state index contributed by atoms with van der Waals surface area (Å²) in [5, 5.41) is 243. The summed E-state index contributed by atoms with van der Waals surface area (Å²) in [4.78, 5) is 0. The fourth-order valence-electron chi connectivity index (χ4n) is 10.0. The van der Waals surface area contributed by atoms with E-state index in [9.17, 15) is 117 Å². The first-order chi connectivity index (χ1) is 37.0. The summed E-state index contributed by atoms with van der Waals surface area (Å²) < 4.78 is 71.9. The van der Waals surface area contributed by atoms with Crippen molar-refractivity contribution in [2.75, 3.05) is 46.2 Å². The summed E-state index contributed by atoms with van der Waals surface area (Å²) in [6.45, 7) is -6.86. The molecular formula is C42H72O36. The first-order valence-electron chi connectivity index (χ1n) is 24.7. The molecule has 36 nitrogen and oxygen atoms in total. The maximum atomic E-state index is 11.3. The molecule has 0 radical (unpaired) electrons. The molecule has 7 aliphatic heterocycles. The highest BCUT2D eigenvalue weighted by atomic mass is 16.8. The van der Waals surface area contributed by atoms with Gasteiger partial charge in [-0.3, -0.25) is 0 Å². The van der Waals surface area contributed by atoms with Gasteiger partial charge in [0.05, 0.1) is 46.2 Å². The van der Waals surface area contributed by atoms with Crippen molar-refractivity contribution in [1.29, 1.82) is 0 Å². The fraction of sp³-hybridized carbons (Fsp3) is 1.00.